The fourth-order valence-electron chi connectivity index (χ4n) is 10.8. The number of nitrogens with zero attached hydrogens (tertiary/aromatic N) is 1. The molecule has 8 fully saturated rings. The molecule has 2 amide bonds. The van der Waals surface area contributed by atoms with Gasteiger partial charge in [-0.2, -0.15) is 0 Å². The Bertz CT molecular complexity index is 1140. The Balaban J connectivity index is 1.09. The van der Waals surface area contributed by atoms with Gasteiger partial charge >= 0.3 is 0 Å². The molecule has 5 heteroatoms. The van der Waals surface area contributed by atoms with Crippen molar-refractivity contribution in [1.29, 1.82) is 0 Å². The van der Waals surface area contributed by atoms with Gasteiger partial charge in [0, 0.05) is 23.1 Å². The zero-order chi connectivity index (χ0) is 25.5. The predicted molar refractivity (Wildman–Crippen MR) is 148 cm³/mol. The molecule has 5 nitrogen and oxygen atoms in total. The SMILES string of the molecule is O=C(Nc1cc(NC(=O)C23CC4CC(CC(C4)C2)C3)cc(-c2ccccn2)c1)C12CC3CC(CC(C3)C1)C2. The Morgan fingerprint density at radius 3 is 1.42 bits per heavy atom. The van der Waals surface area contributed by atoms with Gasteiger partial charge in [0.2, 0.25) is 11.8 Å². The van der Waals surface area contributed by atoms with Crippen LogP contribution in [0.3, 0.4) is 0 Å². The molecule has 0 spiro atoms. The highest BCUT2D eigenvalue weighted by Gasteiger charge is 2.55. The number of aromatic nitrogens is 1. The van der Waals surface area contributed by atoms with E-state index in [1.807, 2.05) is 36.4 Å². The second kappa shape index (κ2) is 8.40. The van der Waals surface area contributed by atoms with Gasteiger partial charge in [0.15, 0.2) is 0 Å². The summed E-state index contributed by atoms with van der Waals surface area (Å²) in [5, 5.41) is 6.68. The Morgan fingerprint density at radius 1 is 0.632 bits per heavy atom. The minimum absolute atomic E-state index is 0.188. The van der Waals surface area contributed by atoms with E-state index >= 15 is 0 Å². The predicted octanol–water partition coefficient (Wildman–Crippen LogP) is 7.06. The van der Waals surface area contributed by atoms with Crippen LogP contribution in [0, 0.1) is 46.3 Å². The van der Waals surface area contributed by atoms with Crippen LogP contribution in [-0.4, -0.2) is 16.8 Å². The van der Waals surface area contributed by atoms with Gasteiger partial charge in [-0.15, -0.1) is 0 Å². The van der Waals surface area contributed by atoms with Crippen molar-refractivity contribution in [2.75, 3.05) is 10.6 Å². The summed E-state index contributed by atoms with van der Waals surface area (Å²) in [4.78, 5) is 32.3. The Morgan fingerprint density at radius 2 is 1.05 bits per heavy atom. The van der Waals surface area contributed by atoms with Crippen LogP contribution in [0.2, 0.25) is 0 Å². The summed E-state index contributed by atoms with van der Waals surface area (Å²) >= 11 is 0. The zero-order valence-electron chi connectivity index (χ0n) is 22.3. The van der Waals surface area contributed by atoms with E-state index in [0.717, 1.165) is 96.7 Å². The standard InChI is InChI=1S/C33H39N3O2/c37-30(32-14-20-5-21(15-32)7-22(6-20)16-32)35-27-11-26(29-3-1-2-4-34-29)12-28(13-27)36-31(38)33-17-23-8-24(18-33)10-25(9-23)19-33/h1-4,11-13,20-25H,5-10,14-19H2,(H,35,37)(H,36,38). The van der Waals surface area contributed by atoms with E-state index in [1.54, 1.807) is 6.20 Å². The van der Waals surface area contributed by atoms with Gasteiger partial charge in [-0.1, -0.05) is 6.07 Å². The number of hydrogen-bond acceptors (Lipinski definition) is 3. The lowest BCUT2D eigenvalue weighted by Gasteiger charge is -2.55. The smallest absolute Gasteiger partial charge is 0.230 e. The van der Waals surface area contributed by atoms with Crippen LogP contribution in [0.1, 0.15) is 77.0 Å². The Labute approximate surface area is 225 Å². The van der Waals surface area contributed by atoms with E-state index < -0.39 is 0 Å². The summed E-state index contributed by atoms with van der Waals surface area (Å²) in [7, 11) is 0. The van der Waals surface area contributed by atoms with Gasteiger partial charge in [0.1, 0.15) is 0 Å². The maximum Gasteiger partial charge on any atom is 0.230 e. The van der Waals surface area contributed by atoms with Crippen LogP contribution in [0.4, 0.5) is 11.4 Å². The van der Waals surface area contributed by atoms with Crippen LogP contribution < -0.4 is 10.6 Å². The Kier molecular flexibility index (Phi) is 5.13. The number of hydrogen-bond donors (Lipinski definition) is 2. The number of carbonyl (C=O) groups excluding carboxylic acids is 2. The lowest BCUT2D eigenvalue weighted by Crippen LogP contribution is -2.52. The summed E-state index contributed by atoms with van der Waals surface area (Å²) in [6.07, 6.45) is 16.0. The molecular weight excluding hydrogens is 470 g/mol. The lowest BCUT2D eigenvalue weighted by molar-refractivity contribution is -0.140. The highest BCUT2D eigenvalue weighted by atomic mass is 16.2. The third-order valence-corrected chi connectivity index (χ3v) is 11.4. The number of anilines is 2. The molecule has 8 saturated carbocycles. The molecule has 0 aliphatic heterocycles. The molecule has 198 valence electrons. The van der Waals surface area contributed by atoms with Gasteiger partial charge in [-0.3, -0.25) is 14.6 Å². The first-order valence-electron chi connectivity index (χ1n) is 15.1. The van der Waals surface area contributed by atoms with Gasteiger partial charge in [-0.05, 0) is 143 Å². The minimum Gasteiger partial charge on any atom is -0.326 e. The number of carbonyl (C=O) groups is 2. The van der Waals surface area contributed by atoms with Gasteiger partial charge < -0.3 is 10.6 Å². The van der Waals surface area contributed by atoms with E-state index in [0.29, 0.717) is 0 Å². The number of amides is 2. The first kappa shape index (κ1) is 23.2. The summed E-state index contributed by atoms with van der Waals surface area (Å²) in [6.45, 7) is 0. The molecule has 0 unspecified atom stereocenters. The second-order valence-electron chi connectivity index (χ2n) is 14.3. The molecule has 1 aromatic heterocycles. The van der Waals surface area contributed by atoms with Crippen molar-refractivity contribution >= 4 is 23.2 Å². The van der Waals surface area contributed by atoms with E-state index in [-0.39, 0.29) is 22.6 Å². The summed E-state index contributed by atoms with van der Waals surface area (Å²) in [6, 6.07) is 11.9. The summed E-state index contributed by atoms with van der Waals surface area (Å²) < 4.78 is 0. The molecule has 0 atom stereocenters. The van der Waals surface area contributed by atoms with Crippen LogP contribution in [0.5, 0.6) is 0 Å². The molecule has 1 heterocycles. The van der Waals surface area contributed by atoms with Crippen LogP contribution in [-0.2, 0) is 9.59 Å². The van der Waals surface area contributed by atoms with Crippen LogP contribution in [0.15, 0.2) is 42.6 Å². The third-order valence-electron chi connectivity index (χ3n) is 11.4. The highest BCUT2D eigenvalue weighted by Crippen LogP contribution is 2.61. The van der Waals surface area contributed by atoms with Gasteiger partial charge in [-0.25, -0.2) is 0 Å². The highest BCUT2D eigenvalue weighted by molar-refractivity contribution is 5.99. The average molecular weight is 510 g/mol. The van der Waals surface area contributed by atoms with E-state index in [1.165, 1.54) is 38.5 Å². The molecule has 2 N–H and O–H groups in total. The molecule has 0 saturated heterocycles. The minimum atomic E-state index is -0.210. The first-order valence-corrected chi connectivity index (χ1v) is 15.1. The zero-order valence-corrected chi connectivity index (χ0v) is 22.3. The van der Waals surface area contributed by atoms with E-state index in [4.69, 9.17) is 0 Å². The molecule has 1 aromatic carbocycles. The molecule has 8 aliphatic carbocycles. The number of nitrogens with one attached hydrogen (secondary N) is 2. The number of benzene rings is 1. The maximum absolute atomic E-state index is 13.9. The van der Waals surface area contributed by atoms with Crippen molar-refractivity contribution in [3.05, 3.63) is 42.6 Å². The monoisotopic (exact) mass is 509 g/mol. The first-order chi connectivity index (χ1) is 18.4. The fraction of sp³-hybridized carbons (Fsp3) is 0.606. The molecule has 10 rings (SSSR count). The van der Waals surface area contributed by atoms with Crippen molar-refractivity contribution in [2.45, 2.75) is 77.0 Å². The fourth-order valence-corrected chi connectivity index (χ4v) is 10.8. The molecule has 2 aromatic rings. The number of rotatable bonds is 5. The van der Waals surface area contributed by atoms with Crippen LogP contribution in [0.25, 0.3) is 11.3 Å². The third kappa shape index (κ3) is 3.83. The molecule has 8 aliphatic rings. The lowest BCUT2D eigenvalue weighted by atomic mass is 9.49. The van der Waals surface area contributed by atoms with Crippen molar-refractivity contribution in [1.82, 2.24) is 4.98 Å². The van der Waals surface area contributed by atoms with Crippen molar-refractivity contribution in [2.24, 2.45) is 46.3 Å². The van der Waals surface area contributed by atoms with Gasteiger partial charge in [0.05, 0.1) is 16.5 Å². The summed E-state index contributed by atoms with van der Waals surface area (Å²) in [5.74, 6) is 4.72. The molecule has 8 bridgehead atoms. The molecule has 0 radical (unpaired) electrons. The van der Waals surface area contributed by atoms with E-state index in [2.05, 4.69) is 15.6 Å². The van der Waals surface area contributed by atoms with Crippen molar-refractivity contribution < 1.29 is 9.59 Å². The largest absolute Gasteiger partial charge is 0.326 e. The maximum atomic E-state index is 13.9. The van der Waals surface area contributed by atoms with E-state index in [9.17, 15) is 9.59 Å². The summed E-state index contributed by atoms with van der Waals surface area (Å²) in [5.41, 5.74) is 2.90. The Hall–Kier alpha value is -2.69. The molecule has 38 heavy (non-hydrogen) atoms. The average Bonchev–Trinajstić information content (AvgIpc) is 2.87. The molecular formula is C33H39N3O2. The van der Waals surface area contributed by atoms with Crippen LogP contribution >= 0.6 is 0 Å². The van der Waals surface area contributed by atoms with Gasteiger partial charge in [0.25, 0.3) is 0 Å². The van der Waals surface area contributed by atoms with Crippen molar-refractivity contribution in [3.8, 4) is 11.3 Å². The topological polar surface area (TPSA) is 71.1 Å². The normalized spacial score (nSPS) is 39.8. The second-order valence-corrected chi connectivity index (χ2v) is 14.3. The quantitative estimate of drug-likeness (QED) is 0.453. The number of pyridine rings is 1. The van der Waals surface area contributed by atoms with Crippen molar-refractivity contribution in [3.63, 3.8) is 0 Å².